The zero-order valence-corrected chi connectivity index (χ0v) is 14.7. The summed E-state index contributed by atoms with van der Waals surface area (Å²) in [7, 11) is 1.51. The van der Waals surface area contributed by atoms with E-state index in [-0.39, 0.29) is 5.75 Å². The number of hydrogen-bond donors (Lipinski definition) is 4. The van der Waals surface area contributed by atoms with Crippen LogP contribution in [0.4, 0.5) is 0 Å². The molecule has 24 heavy (non-hydrogen) atoms. The van der Waals surface area contributed by atoms with E-state index in [1.54, 1.807) is 29.3 Å². The molecule has 0 bridgehead atoms. The predicted molar refractivity (Wildman–Crippen MR) is 97.0 cm³/mol. The Morgan fingerprint density at radius 2 is 2.25 bits per heavy atom. The molecular formula is C16H25N4O3S+. The number of rotatable bonds is 7. The second-order valence-corrected chi connectivity index (χ2v) is 5.93. The van der Waals surface area contributed by atoms with Gasteiger partial charge in [-0.1, -0.05) is 0 Å². The summed E-state index contributed by atoms with van der Waals surface area (Å²) in [5, 5.41) is 17.4. The van der Waals surface area contributed by atoms with Crippen LogP contribution in [0.1, 0.15) is 12.0 Å². The number of nitrogens with zero attached hydrogens (tertiary/aromatic N) is 1. The maximum Gasteiger partial charge on any atom is 0.186 e. The van der Waals surface area contributed by atoms with Crippen LogP contribution in [-0.2, 0) is 4.74 Å². The highest BCUT2D eigenvalue weighted by molar-refractivity contribution is 7.80. The molecule has 0 radical (unpaired) electrons. The maximum atomic E-state index is 9.70. The van der Waals surface area contributed by atoms with Crippen molar-refractivity contribution >= 4 is 23.5 Å². The first-order valence-corrected chi connectivity index (χ1v) is 8.45. The van der Waals surface area contributed by atoms with E-state index in [0.717, 1.165) is 51.4 Å². The molecule has 2 rings (SSSR count). The van der Waals surface area contributed by atoms with E-state index in [4.69, 9.17) is 21.7 Å². The monoisotopic (exact) mass is 353 g/mol. The molecule has 0 saturated carbocycles. The van der Waals surface area contributed by atoms with E-state index in [2.05, 4.69) is 15.8 Å². The normalized spacial score (nSPS) is 15.4. The summed E-state index contributed by atoms with van der Waals surface area (Å²) < 4.78 is 10.3. The number of thiocarbonyl (C=S) groups is 1. The number of aromatic hydroxyl groups is 1. The maximum absolute atomic E-state index is 9.70. The lowest BCUT2D eigenvalue weighted by Gasteiger charge is -2.23. The number of methoxy groups -OCH3 is 1. The van der Waals surface area contributed by atoms with Crippen molar-refractivity contribution < 1.29 is 19.5 Å². The first-order chi connectivity index (χ1) is 11.7. The number of hydrazone groups is 1. The molecule has 0 spiro atoms. The Morgan fingerprint density at radius 3 is 2.96 bits per heavy atom. The molecule has 0 unspecified atom stereocenters. The second kappa shape index (κ2) is 10.1. The van der Waals surface area contributed by atoms with E-state index in [9.17, 15) is 5.11 Å². The van der Waals surface area contributed by atoms with Gasteiger partial charge in [-0.3, -0.25) is 5.43 Å². The molecule has 1 fully saturated rings. The standard InChI is InChI=1S/C16H24N4O3S/c1-22-15-4-3-13(11-14(15)21)12-18-19-16(24)17-5-2-6-20-7-9-23-10-8-20/h3-4,11-12,21H,2,5-10H2,1H3,(H2,17,19,24)/p+1/b18-12-. The van der Waals surface area contributed by atoms with Gasteiger partial charge in [0.05, 0.1) is 33.1 Å². The average Bonchev–Trinajstić information content (AvgIpc) is 2.60. The third-order valence-electron chi connectivity index (χ3n) is 3.78. The van der Waals surface area contributed by atoms with E-state index in [1.807, 2.05) is 0 Å². The molecule has 1 aromatic carbocycles. The van der Waals surface area contributed by atoms with Crippen molar-refractivity contribution in [3.63, 3.8) is 0 Å². The van der Waals surface area contributed by atoms with E-state index < -0.39 is 0 Å². The Labute approximate surface area is 147 Å². The van der Waals surface area contributed by atoms with Gasteiger partial charge in [0.1, 0.15) is 13.1 Å². The van der Waals surface area contributed by atoms with Crippen LogP contribution in [0.2, 0.25) is 0 Å². The first kappa shape index (κ1) is 18.4. The highest BCUT2D eigenvalue weighted by atomic mass is 32.1. The quantitative estimate of drug-likeness (QED) is 0.229. The molecular weight excluding hydrogens is 328 g/mol. The van der Waals surface area contributed by atoms with Crippen LogP contribution >= 0.6 is 12.2 Å². The highest BCUT2D eigenvalue weighted by Crippen LogP contribution is 2.25. The Bertz CT molecular complexity index is 562. The van der Waals surface area contributed by atoms with E-state index in [1.165, 1.54) is 7.11 Å². The van der Waals surface area contributed by atoms with Gasteiger partial charge in [0.25, 0.3) is 0 Å². The Morgan fingerprint density at radius 1 is 1.46 bits per heavy atom. The SMILES string of the molecule is COc1ccc(/C=N\NC(=S)NCCC[NH+]2CCOCC2)cc1O. The summed E-state index contributed by atoms with van der Waals surface area (Å²) in [6.07, 6.45) is 2.64. The van der Waals surface area contributed by atoms with Crippen molar-refractivity contribution in [3.05, 3.63) is 23.8 Å². The largest absolute Gasteiger partial charge is 0.504 e. The molecule has 0 amide bonds. The van der Waals surface area contributed by atoms with E-state index >= 15 is 0 Å². The van der Waals surface area contributed by atoms with E-state index in [0.29, 0.717) is 10.9 Å². The third kappa shape index (κ3) is 6.31. The number of phenols is 1. The minimum atomic E-state index is 0.0766. The number of hydrogen-bond acceptors (Lipinski definition) is 5. The summed E-state index contributed by atoms with van der Waals surface area (Å²) in [6.45, 7) is 5.82. The molecule has 0 aromatic heterocycles. The van der Waals surface area contributed by atoms with Gasteiger partial charge in [0.15, 0.2) is 16.6 Å². The topological polar surface area (TPSA) is 79.5 Å². The summed E-state index contributed by atoms with van der Waals surface area (Å²) in [5.41, 5.74) is 3.52. The highest BCUT2D eigenvalue weighted by Gasteiger charge is 2.12. The smallest absolute Gasteiger partial charge is 0.186 e. The molecule has 1 aliphatic rings. The lowest BCUT2D eigenvalue weighted by molar-refractivity contribution is -0.908. The van der Waals surface area contributed by atoms with Crippen LogP contribution in [0, 0.1) is 0 Å². The second-order valence-electron chi connectivity index (χ2n) is 5.52. The fourth-order valence-electron chi connectivity index (χ4n) is 2.44. The fourth-order valence-corrected chi connectivity index (χ4v) is 2.60. The molecule has 0 aliphatic carbocycles. The number of ether oxygens (including phenoxy) is 2. The third-order valence-corrected chi connectivity index (χ3v) is 4.01. The number of nitrogens with one attached hydrogen (secondary N) is 3. The zero-order chi connectivity index (χ0) is 17.2. The molecule has 132 valence electrons. The van der Waals surface area contributed by atoms with Crippen LogP contribution in [0.25, 0.3) is 0 Å². The molecule has 1 aromatic rings. The van der Waals surface area contributed by atoms with Crippen molar-refractivity contribution in [1.29, 1.82) is 0 Å². The van der Waals surface area contributed by atoms with Crippen molar-refractivity contribution in [2.45, 2.75) is 6.42 Å². The van der Waals surface area contributed by atoms with Gasteiger partial charge >= 0.3 is 0 Å². The fraction of sp³-hybridized carbons (Fsp3) is 0.500. The molecule has 4 N–H and O–H groups in total. The summed E-state index contributed by atoms with van der Waals surface area (Å²) in [4.78, 5) is 1.58. The number of phenolic OH excluding ortho intramolecular Hbond substituents is 1. The van der Waals surface area contributed by atoms with Gasteiger partial charge in [-0.2, -0.15) is 5.10 Å². The van der Waals surface area contributed by atoms with Crippen LogP contribution in [-0.4, -0.2) is 62.9 Å². The van der Waals surface area contributed by atoms with Gasteiger partial charge < -0.3 is 24.8 Å². The van der Waals surface area contributed by atoms with Gasteiger partial charge in [0.2, 0.25) is 0 Å². The summed E-state index contributed by atoms with van der Waals surface area (Å²) in [5.74, 6) is 0.507. The van der Waals surface area contributed by atoms with Gasteiger partial charge in [0, 0.05) is 13.0 Å². The minimum Gasteiger partial charge on any atom is -0.504 e. The van der Waals surface area contributed by atoms with Crippen molar-refractivity contribution in [2.75, 3.05) is 46.5 Å². The number of morpholine rings is 1. The summed E-state index contributed by atoms with van der Waals surface area (Å²) in [6, 6.07) is 5.05. The average molecular weight is 353 g/mol. The molecule has 7 nitrogen and oxygen atoms in total. The Hall–Kier alpha value is -1.90. The van der Waals surface area contributed by atoms with Crippen molar-refractivity contribution in [3.8, 4) is 11.5 Å². The molecule has 1 saturated heterocycles. The number of benzene rings is 1. The van der Waals surface area contributed by atoms with Crippen molar-refractivity contribution in [2.24, 2.45) is 5.10 Å². The van der Waals surface area contributed by atoms with Crippen LogP contribution in [0.3, 0.4) is 0 Å². The predicted octanol–water partition coefficient (Wildman–Crippen LogP) is -0.496. The Balaban J connectivity index is 1.62. The van der Waals surface area contributed by atoms with Gasteiger partial charge in [-0.25, -0.2) is 0 Å². The van der Waals surface area contributed by atoms with Crippen LogP contribution in [0.15, 0.2) is 23.3 Å². The van der Waals surface area contributed by atoms with Gasteiger partial charge in [-0.05, 0) is 36.0 Å². The lowest BCUT2D eigenvalue weighted by atomic mass is 10.2. The zero-order valence-electron chi connectivity index (χ0n) is 13.9. The molecule has 1 heterocycles. The number of quaternary nitrogens is 1. The first-order valence-electron chi connectivity index (χ1n) is 8.04. The molecule has 1 aliphatic heterocycles. The van der Waals surface area contributed by atoms with Gasteiger partial charge in [-0.15, -0.1) is 0 Å². The molecule has 8 heteroatoms. The van der Waals surface area contributed by atoms with Crippen molar-refractivity contribution in [1.82, 2.24) is 10.7 Å². The van der Waals surface area contributed by atoms with Crippen LogP contribution in [0.5, 0.6) is 11.5 Å². The summed E-state index contributed by atoms with van der Waals surface area (Å²) >= 11 is 5.17. The lowest BCUT2D eigenvalue weighted by Crippen LogP contribution is -3.14. The Kier molecular flexibility index (Phi) is 7.73. The minimum absolute atomic E-state index is 0.0766. The van der Waals surface area contributed by atoms with Crippen LogP contribution < -0.4 is 20.4 Å². The molecule has 0 atom stereocenters.